The number of aromatic nitrogens is 1. The summed E-state index contributed by atoms with van der Waals surface area (Å²) in [5.41, 5.74) is 0.316. The molecule has 1 aromatic rings. The van der Waals surface area contributed by atoms with Crippen molar-refractivity contribution >= 4 is 17.7 Å². The summed E-state index contributed by atoms with van der Waals surface area (Å²) >= 11 is 0. The SMILES string of the molecule is CCN(CC(C)C#N)C(=O)Nc1ccc(C(=O)O)nc1. The Balaban J connectivity index is 2.69. The lowest BCUT2D eigenvalue weighted by Gasteiger charge is -2.22. The van der Waals surface area contributed by atoms with Gasteiger partial charge in [-0.25, -0.2) is 14.6 Å². The van der Waals surface area contributed by atoms with Crippen LogP contribution < -0.4 is 5.32 Å². The normalized spacial score (nSPS) is 11.2. The number of rotatable bonds is 5. The van der Waals surface area contributed by atoms with Gasteiger partial charge in [0.15, 0.2) is 0 Å². The van der Waals surface area contributed by atoms with E-state index < -0.39 is 5.97 Å². The largest absolute Gasteiger partial charge is 0.477 e. The number of hydrogen-bond acceptors (Lipinski definition) is 4. The van der Waals surface area contributed by atoms with Gasteiger partial charge < -0.3 is 15.3 Å². The Morgan fingerprint density at radius 1 is 1.55 bits per heavy atom. The lowest BCUT2D eigenvalue weighted by Crippen LogP contribution is -2.37. The van der Waals surface area contributed by atoms with Gasteiger partial charge in [0.05, 0.1) is 23.9 Å². The number of nitriles is 1. The minimum absolute atomic E-state index is 0.0894. The average molecular weight is 276 g/mol. The molecule has 0 aromatic carbocycles. The van der Waals surface area contributed by atoms with Gasteiger partial charge in [-0.1, -0.05) is 0 Å². The van der Waals surface area contributed by atoms with E-state index in [1.807, 2.05) is 6.92 Å². The van der Waals surface area contributed by atoms with E-state index in [1.165, 1.54) is 23.2 Å². The fourth-order valence-corrected chi connectivity index (χ4v) is 1.52. The monoisotopic (exact) mass is 276 g/mol. The number of carboxylic acid groups (broad SMARTS) is 1. The van der Waals surface area contributed by atoms with Crippen LogP contribution in [0.5, 0.6) is 0 Å². The van der Waals surface area contributed by atoms with Gasteiger partial charge in [0.2, 0.25) is 0 Å². The van der Waals surface area contributed by atoms with Gasteiger partial charge in [0, 0.05) is 13.1 Å². The molecular weight excluding hydrogens is 260 g/mol. The van der Waals surface area contributed by atoms with Gasteiger partial charge in [-0.3, -0.25) is 0 Å². The fraction of sp³-hybridized carbons (Fsp3) is 0.385. The van der Waals surface area contributed by atoms with Gasteiger partial charge in [0.25, 0.3) is 0 Å². The second kappa shape index (κ2) is 7.09. The van der Waals surface area contributed by atoms with Gasteiger partial charge in [-0.05, 0) is 26.0 Å². The molecule has 1 aromatic heterocycles. The summed E-state index contributed by atoms with van der Waals surface area (Å²) in [6, 6.07) is 4.50. The van der Waals surface area contributed by atoms with Crippen molar-refractivity contribution < 1.29 is 14.7 Å². The standard InChI is InChI=1S/C13H16N4O3/c1-3-17(8-9(2)6-14)13(20)16-10-4-5-11(12(18)19)15-7-10/h4-5,7,9H,3,8H2,1-2H3,(H,16,20)(H,18,19). The highest BCUT2D eigenvalue weighted by molar-refractivity contribution is 5.90. The molecule has 1 rings (SSSR count). The van der Waals surface area contributed by atoms with Crippen LogP contribution in [0.4, 0.5) is 10.5 Å². The summed E-state index contributed by atoms with van der Waals surface area (Å²) in [5, 5.41) is 20.1. The number of pyridine rings is 1. The quantitative estimate of drug-likeness (QED) is 0.852. The first-order valence-corrected chi connectivity index (χ1v) is 6.12. The van der Waals surface area contributed by atoms with E-state index in [0.29, 0.717) is 18.8 Å². The number of aromatic carboxylic acids is 1. The molecule has 7 heteroatoms. The second-order valence-corrected chi connectivity index (χ2v) is 4.24. The van der Waals surface area contributed by atoms with E-state index in [0.717, 1.165) is 0 Å². The predicted octanol–water partition coefficient (Wildman–Crippen LogP) is 1.79. The van der Waals surface area contributed by atoms with Crippen LogP contribution in [0.2, 0.25) is 0 Å². The topological polar surface area (TPSA) is 106 Å². The number of nitrogens with one attached hydrogen (secondary N) is 1. The van der Waals surface area contributed by atoms with Crippen molar-refractivity contribution in [2.24, 2.45) is 5.92 Å². The molecule has 1 heterocycles. The zero-order valence-corrected chi connectivity index (χ0v) is 11.3. The summed E-state index contributed by atoms with van der Waals surface area (Å²) in [7, 11) is 0. The van der Waals surface area contributed by atoms with Crippen LogP contribution >= 0.6 is 0 Å². The number of carbonyl (C=O) groups is 2. The highest BCUT2D eigenvalue weighted by Crippen LogP contribution is 2.08. The van der Waals surface area contributed by atoms with Crippen LogP contribution in [-0.4, -0.2) is 40.1 Å². The van der Waals surface area contributed by atoms with E-state index in [1.54, 1.807) is 6.92 Å². The number of carboxylic acids is 1. The van der Waals surface area contributed by atoms with Gasteiger partial charge in [-0.15, -0.1) is 0 Å². The first kappa shape index (κ1) is 15.4. The molecule has 2 amide bonds. The maximum absolute atomic E-state index is 12.0. The van der Waals surface area contributed by atoms with Crippen molar-refractivity contribution in [2.45, 2.75) is 13.8 Å². The molecule has 106 valence electrons. The van der Waals surface area contributed by atoms with Crippen LogP contribution in [0.1, 0.15) is 24.3 Å². The van der Waals surface area contributed by atoms with E-state index in [2.05, 4.69) is 16.4 Å². The zero-order chi connectivity index (χ0) is 15.1. The van der Waals surface area contributed by atoms with Gasteiger partial charge in [-0.2, -0.15) is 5.26 Å². The predicted molar refractivity (Wildman–Crippen MR) is 72.2 cm³/mol. The molecule has 0 fully saturated rings. The van der Waals surface area contributed by atoms with Crippen molar-refractivity contribution in [1.29, 1.82) is 5.26 Å². The third-order valence-electron chi connectivity index (χ3n) is 2.62. The Hall–Kier alpha value is -2.62. The molecule has 0 bridgehead atoms. The molecule has 0 aliphatic rings. The average Bonchev–Trinajstić information content (AvgIpc) is 2.44. The first-order chi connectivity index (χ1) is 9.47. The Morgan fingerprint density at radius 3 is 2.70 bits per heavy atom. The Morgan fingerprint density at radius 2 is 2.25 bits per heavy atom. The number of carbonyl (C=O) groups excluding carboxylic acids is 1. The summed E-state index contributed by atoms with van der Waals surface area (Å²) in [6.07, 6.45) is 1.28. The van der Waals surface area contributed by atoms with E-state index in [4.69, 9.17) is 10.4 Å². The lowest BCUT2D eigenvalue weighted by molar-refractivity contribution is 0.0690. The molecule has 0 spiro atoms. The second-order valence-electron chi connectivity index (χ2n) is 4.24. The summed E-state index contributed by atoms with van der Waals surface area (Å²) in [5.74, 6) is -1.38. The smallest absolute Gasteiger partial charge is 0.354 e. The van der Waals surface area contributed by atoms with E-state index in [-0.39, 0.29) is 17.6 Å². The summed E-state index contributed by atoms with van der Waals surface area (Å²) in [6.45, 7) is 4.35. The van der Waals surface area contributed by atoms with Crippen molar-refractivity contribution in [3.63, 3.8) is 0 Å². The molecule has 0 aliphatic carbocycles. The van der Waals surface area contributed by atoms with Crippen LogP contribution in [0.15, 0.2) is 18.3 Å². The van der Waals surface area contributed by atoms with E-state index >= 15 is 0 Å². The van der Waals surface area contributed by atoms with Crippen molar-refractivity contribution in [3.8, 4) is 6.07 Å². The zero-order valence-electron chi connectivity index (χ0n) is 11.3. The molecule has 2 N–H and O–H groups in total. The summed E-state index contributed by atoms with van der Waals surface area (Å²) < 4.78 is 0. The highest BCUT2D eigenvalue weighted by atomic mass is 16.4. The molecule has 0 radical (unpaired) electrons. The minimum atomic E-state index is -1.12. The molecular formula is C13H16N4O3. The maximum Gasteiger partial charge on any atom is 0.354 e. The third kappa shape index (κ3) is 4.24. The lowest BCUT2D eigenvalue weighted by atomic mass is 10.2. The maximum atomic E-state index is 12.0. The molecule has 7 nitrogen and oxygen atoms in total. The highest BCUT2D eigenvalue weighted by Gasteiger charge is 2.15. The Labute approximate surface area is 116 Å². The van der Waals surface area contributed by atoms with Gasteiger partial charge >= 0.3 is 12.0 Å². The van der Waals surface area contributed by atoms with Crippen molar-refractivity contribution in [2.75, 3.05) is 18.4 Å². The number of hydrogen-bond donors (Lipinski definition) is 2. The minimum Gasteiger partial charge on any atom is -0.477 e. The molecule has 0 aliphatic heterocycles. The van der Waals surface area contributed by atoms with Crippen molar-refractivity contribution in [3.05, 3.63) is 24.0 Å². The molecule has 1 unspecified atom stereocenters. The number of urea groups is 1. The molecule has 1 atom stereocenters. The molecule has 0 saturated heterocycles. The molecule has 0 saturated carbocycles. The van der Waals surface area contributed by atoms with Crippen LogP contribution in [0, 0.1) is 17.2 Å². The van der Waals surface area contributed by atoms with Crippen LogP contribution in [-0.2, 0) is 0 Å². The Bertz CT molecular complexity index is 521. The number of nitrogens with zero attached hydrogens (tertiary/aromatic N) is 3. The van der Waals surface area contributed by atoms with Crippen molar-refractivity contribution in [1.82, 2.24) is 9.88 Å². The summed E-state index contributed by atoms with van der Waals surface area (Å²) in [4.78, 5) is 27.8. The first-order valence-electron chi connectivity index (χ1n) is 6.12. The number of amides is 2. The Kier molecular flexibility index (Phi) is 5.47. The fourth-order valence-electron chi connectivity index (χ4n) is 1.52. The van der Waals surface area contributed by atoms with Crippen LogP contribution in [0.3, 0.4) is 0 Å². The third-order valence-corrected chi connectivity index (χ3v) is 2.62. The molecule has 20 heavy (non-hydrogen) atoms. The van der Waals surface area contributed by atoms with Gasteiger partial charge in [0.1, 0.15) is 5.69 Å². The van der Waals surface area contributed by atoms with E-state index in [9.17, 15) is 9.59 Å². The van der Waals surface area contributed by atoms with Crippen LogP contribution in [0.25, 0.3) is 0 Å². The number of anilines is 1.